The molecule has 3 aromatic rings. The highest BCUT2D eigenvalue weighted by Crippen LogP contribution is 2.28. The lowest BCUT2D eigenvalue weighted by molar-refractivity contribution is 0.102. The molecule has 1 aromatic heterocycles. The van der Waals surface area contributed by atoms with Crippen molar-refractivity contribution in [2.75, 3.05) is 25.5 Å². The van der Waals surface area contributed by atoms with Crippen LogP contribution in [0.1, 0.15) is 24.2 Å². The Balaban J connectivity index is 2.08. The maximum absolute atomic E-state index is 13.0. The van der Waals surface area contributed by atoms with Crippen LogP contribution in [0.4, 0.5) is 5.69 Å². The van der Waals surface area contributed by atoms with Crippen molar-refractivity contribution in [3.63, 3.8) is 0 Å². The van der Waals surface area contributed by atoms with Crippen LogP contribution in [0, 0.1) is 0 Å². The molecule has 2 aromatic carbocycles. The summed E-state index contributed by atoms with van der Waals surface area (Å²) in [6.07, 6.45) is 0. The van der Waals surface area contributed by atoms with E-state index in [2.05, 4.69) is 10.3 Å². The molecule has 0 atom stereocenters. The van der Waals surface area contributed by atoms with Gasteiger partial charge in [0.25, 0.3) is 5.91 Å². The normalized spacial score (nSPS) is 11.6. The Morgan fingerprint density at radius 2 is 1.84 bits per heavy atom. The van der Waals surface area contributed by atoms with Crippen molar-refractivity contribution in [1.29, 1.82) is 0 Å². The number of amides is 1. The van der Waals surface area contributed by atoms with Gasteiger partial charge in [-0.1, -0.05) is 25.4 Å². The molecule has 1 heterocycles. The highest BCUT2D eigenvalue weighted by Gasteiger charge is 2.23. The van der Waals surface area contributed by atoms with Crippen LogP contribution in [0.2, 0.25) is 5.02 Å². The number of carbonyl (C=O) groups excluding carboxylic acids is 1. The van der Waals surface area contributed by atoms with Crippen molar-refractivity contribution in [2.24, 2.45) is 0 Å². The number of rotatable bonds is 7. The minimum Gasteiger partial charge on any atom is -0.495 e. The van der Waals surface area contributed by atoms with Crippen LogP contribution < -0.4 is 15.6 Å². The molecule has 0 bridgehead atoms. The maximum Gasteiger partial charge on any atom is 0.256 e. The van der Waals surface area contributed by atoms with Gasteiger partial charge in [0.2, 0.25) is 15.6 Å². The standard InChI is InChI=1S/C21H22ClN3O5S/c1-4-25(5-2)31(28,29)14-7-8-18-15(11-14)16(12-20(26)24-18)21(27)23-13-6-9-19(30-3)17(22)10-13/h6-12H,4-5H2,1-3H3,(H,23,27)(H,24,26). The monoisotopic (exact) mass is 463 g/mol. The SMILES string of the molecule is CCN(CC)S(=O)(=O)c1ccc2[nH]c(=O)cc(C(=O)Nc3ccc(OC)c(Cl)c3)c2c1. The van der Waals surface area contributed by atoms with Gasteiger partial charge in [0.05, 0.1) is 22.6 Å². The quantitative estimate of drug-likeness (QED) is 0.557. The molecule has 1 amide bonds. The van der Waals surface area contributed by atoms with Gasteiger partial charge in [-0.15, -0.1) is 0 Å². The Morgan fingerprint density at radius 1 is 1.13 bits per heavy atom. The molecule has 8 nitrogen and oxygen atoms in total. The van der Waals surface area contributed by atoms with E-state index < -0.39 is 21.5 Å². The summed E-state index contributed by atoms with van der Waals surface area (Å²) in [5, 5.41) is 3.30. The number of hydrogen-bond donors (Lipinski definition) is 2. The van der Waals surface area contributed by atoms with E-state index in [1.807, 2.05) is 0 Å². The van der Waals surface area contributed by atoms with E-state index in [-0.39, 0.29) is 10.5 Å². The number of pyridine rings is 1. The summed E-state index contributed by atoms with van der Waals surface area (Å²) >= 11 is 6.10. The third-order valence-electron chi connectivity index (χ3n) is 4.81. The molecule has 0 fully saturated rings. The molecule has 0 unspecified atom stereocenters. The minimum absolute atomic E-state index is 0.0392. The Bertz CT molecular complexity index is 1300. The van der Waals surface area contributed by atoms with Crippen LogP contribution in [0.5, 0.6) is 5.75 Å². The van der Waals surface area contributed by atoms with Crippen molar-refractivity contribution in [3.05, 3.63) is 63.4 Å². The highest BCUT2D eigenvalue weighted by molar-refractivity contribution is 7.89. The summed E-state index contributed by atoms with van der Waals surface area (Å²) < 4.78 is 32.2. The third kappa shape index (κ3) is 4.58. The van der Waals surface area contributed by atoms with Crippen LogP contribution in [0.15, 0.2) is 52.2 Å². The number of nitrogens with one attached hydrogen (secondary N) is 2. The number of sulfonamides is 1. The predicted octanol–water partition coefficient (Wildman–Crippen LogP) is 3.47. The van der Waals surface area contributed by atoms with E-state index in [0.29, 0.717) is 40.5 Å². The van der Waals surface area contributed by atoms with Crippen molar-refractivity contribution in [3.8, 4) is 5.75 Å². The summed E-state index contributed by atoms with van der Waals surface area (Å²) in [4.78, 5) is 27.7. The summed E-state index contributed by atoms with van der Waals surface area (Å²) in [6.45, 7) is 4.12. The van der Waals surface area contributed by atoms with Gasteiger partial charge in [-0.25, -0.2) is 8.42 Å². The molecule has 3 rings (SSSR count). The Labute approximate surface area is 184 Å². The van der Waals surface area contributed by atoms with E-state index in [0.717, 1.165) is 6.07 Å². The third-order valence-corrected chi connectivity index (χ3v) is 7.15. The van der Waals surface area contributed by atoms with Gasteiger partial charge in [-0.05, 0) is 36.4 Å². The number of fused-ring (bicyclic) bond motifs is 1. The zero-order valence-corrected chi connectivity index (χ0v) is 18.8. The number of H-pyrrole nitrogens is 1. The van der Waals surface area contributed by atoms with E-state index >= 15 is 0 Å². The van der Waals surface area contributed by atoms with Crippen LogP contribution in [0.25, 0.3) is 10.9 Å². The Hall–Kier alpha value is -2.88. The lowest BCUT2D eigenvalue weighted by Crippen LogP contribution is -2.30. The lowest BCUT2D eigenvalue weighted by Gasteiger charge is -2.19. The van der Waals surface area contributed by atoms with E-state index in [4.69, 9.17) is 16.3 Å². The van der Waals surface area contributed by atoms with E-state index in [1.165, 1.54) is 35.7 Å². The van der Waals surface area contributed by atoms with Crippen molar-refractivity contribution < 1.29 is 17.9 Å². The van der Waals surface area contributed by atoms with E-state index in [1.54, 1.807) is 26.0 Å². The molecule has 164 valence electrons. The second-order valence-corrected chi connectivity index (χ2v) is 8.99. The first kappa shape index (κ1) is 22.8. The molecule has 0 saturated carbocycles. The first-order valence-electron chi connectivity index (χ1n) is 9.53. The van der Waals surface area contributed by atoms with Crippen molar-refractivity contribution in [1.82, 2.24) is 9.29 Å². The maximum atomic E-state index is 13.0. The van der Waals surface area contributed by atoms with Crippen LogP contribution >= 0.6 is 11.6 Å². The average molecular weight is 464 g/mol. The largest absolute Gasteiger partial charge is 0.495 e. The zero-order valence-electron chi connectivity index (χ0n) is 17.2. The van der Waals surface area contributed by atoms with Gasteiger partial charge in [0.1, 0.15) is 5.75 Å². The van der Waals surface area contributed by atoms with Gasteiger partial charge in [0.15, 0.2) is 0 Å². The first-order valence-corrected chi connectivity index (χ1v) is 11.3. The topological polar surface area (TPSA) is 109 Å². The first-order chi connectivity index (χ1) is 14.7. The van der Waals surface area contributed by atoms with Crippen molar-refractivity contribution >= 4 is 44.1 Å². The number of aromatic nitrogens is 1. The van der Waals surface area contributed by atoms with Gasteiger partial charge < -0.3 is 15.0 Å². The molecule has 31 heavy (non-hydrogen) atoms. The molecule has 0 radical (unpaired) electrons. The highest BCUT2D eigenvalue weighted by atomic mass is 35.5. The number of halogens is 1. The second-order valence-electron chi connectivity index (χ2n) is 6.65. The van der Waals surface area contributed by atoms with Crippen molar-refractivity contribution in [2.45, 2.75) is 18.7 Å². The molecular weight excluding hydrogens is 442 g/mol. The molecule has 0 aliphatic rings. The molecular formula is C21H22ClN3O5S. The number of hydrogen-bond acceptors (Lipinski definition) is 5. The van der Waals surface area contributed by atoms with Crippen LogP contribution in [-0.4, -0.2) is 43.8 Å². The van der Waals surface area contributed by atoms with Crippen LogP contribution in [0.3, 0.4) is 0 Å². The molecule has 10 heteroatoms. The summed E-state index contributed by atoms with van der Waals surface area (Å²) in [5.41, 5.74) is 0.312. The smallest absolute Gasteiger partial charge is 0.256 e. The number of anilines is 1. The fourth-order valence-corrected chi connectivity index (χ4v) is 4.98. The lowest BCUT2D eigenvalue weighted by atomic mass is 10.1. The molecule has 2 N–H and O–H groups in total. The molecule has 0 saturated heterocycles. The fraction of sp³-hybridized carbons (Fsp3) is 0.238. The van der Waals surface area contributed by atoms with Gasteiger partial charge in [-0.3, -0.25) is 9.59 Å². The van der Waals surface area contributed by atoms with Crippen LogP contribution in [-0.2, 0) is 10.0 Å². The number of benzene rings is 2. The minimum atomic E-state index is -3.74. The summed E-state index contributed by atoms with van der Waals surface area (Å²) in [7, 11) is -2.26. The summed E-state index contributed by atoms with van der Waals surface area (Å²) in [5.74, 6) is -0.123. The Morgan fingerprint density at radius 3 is 2.45 bits per heavy atom. The number of ether oxygens (including phenoxy) is 1. The summed E-state index contributed by atoms with van der Waals surface area (Å²) in [6, 6.07) is 10.2. The zero-order chi connectivity index (χ0) is 22.8. The molecule has 0 spiro atoms. The number of aromatic amines is 1. The predicted molar refractivity (Wildman–Crippen MR) is 121 cm³/mol. The molecule has 0 aliphatic carbocycles. The average Bonchev–Trinajstić information content (AvgIpc) is 2.73. The second kappa shape index (κ2) is 9.09. The number of carbonyl (C=O) groups is 1. The van der Waals surface area contributed by atoms with Gasteiger partial charge in [-0.2, -0.15) is 4.31 Å². The van der Waals surface area contributed by atoms with Gasteiger partial charge >= 0.3 is 0 Å². The number of nitrogens with zero attached hydrogens (tertiary/aromatic N) is 1. The fourth-order valence-electron chi connectivity index (χ4n) is 3.24. The Kier molecular flexibility index (Phi) is 6.68. The molecule has 0 aliphatic heterocycles. The van der Waals surface area contributed by atoms with Gasteiger partial charge in [0, 0.05) is 35.7 Å². The van der Waals surface area contributed by atoms with E-state index in [9.17, 15) is 18.0 Å². The number of methoxy groups -OCH3 is 1.